The maximum absolute atomic E-state index is 12.0. The monoisotopic (exact) mass is 269 g/mol. The van der Waals surface area contributed by atoms with Crippen molar-refractivity contribution in [1.29, 1.82) is 0 Å². The number of rotatable bonds is 5. The first kappa shape index (κ1) is 13.8. The van der Waals surface area contributed by atoms with E-state index in [4.69, 9.17) is 4.74 Å². The minimum absolute atomic E-state index is 0.332. The van der Waals surface area contributed by atoms with Crippen LogP contribution in [0.4, 0.5) is 0 Å². The van der Waals surface area contributed by atoms with Crippen LogP contribution in [-0.4, -0.2) is 25.0 Å². The lowest BCUT2D eigenvalue weighted by molar-refractivity contribution is -0.144. The second-order valence-electron chi connectivity index (χ2n) is 4.32. The predicted octanol–water partition coefficient (Wildman–Crippen LogP) is 1.54. The average molecular weight is 269 g/mol. The number of esters is 1. The molecule has 0 aliphatic heterocycles. The van der Waals surface area contributed by atoms with Crippen LogP contribution in [0, 0.1) is 0 Å². The van der Waals surface area contributed by atoms with Crippen molar-refractivity contribution in [1.82, 2.24) is 5.32 Å². The molecular formula is C16H15NO3. The first-order valence-electron chi connectivity index (χ1n) is 6.26. The summed E-state index contributed by atoms with van der Waals surface area (Å²) in [5.74, 6) is -0.796. The van der Waals surface area contributed by atoms with E-state index in [0.29, 0.717) is 12.0 Å². The van der Waals surface area contributed by atoms with Crippen molar-refractivity contribution in [3.05, 3.63) is 65.4 Å². The smallest absolute Gasteiger partial charge is 0.328 e. The number of methoxy groups -OCH3 is 1. The Hall–Kier alpha value is -2.58. The van der Waals surface area contributed by atoms with E-state index in [1.807, 2.05) is 30.3 Å². The van der Waals surface area contributed by atoms with Crippen LogP contribution in [0.3, 0.4) is 0 Å². The van der Waals surface area contributed by atoms with Crippen molar-refractivity contribution in [3.8, 4) is 0 Å². The Bertz CT molecular complexity index is 595. The third-order valence-electron chi connectivity index (χ3n) is 2.92. The molecule has 0 saturated carbocycles. The molecule has 0 bridgehead atoms. The highest BCUT2D eigenvalue weighted by Gasteiger charge is 2.23. The molecule has 0 saturated heterocycles. The Morgan fingerprint density at radius 1 is 1.30 bits per heavy atom. The molecule has 1 aromatic carbocycles. The van der Waals surface area contributed by atoms with Crippen LogP contribution in [0.2, 0.25) is 0 Å². The summed E-state index contributed by atoms with van der Waals surface area (Å²) >= 11 is 0. The number of allylic oxidation sites excluding steroid dienone is 1. The van der Waals surface area contributed by atoms with Crippen LogP contribution in [-0.2, 0) is 20.7 Å². The number of ether oxygens (including phenoxy) is 1. The van der Waals surface area contributed by atoms with Gasteiger partial charge in [0.25, 0.3) is 5.91 Å². The molecule has 1 atom stereocenters. The van der Waals surface area contributed by atoms with Crippen molar-refractivity contribution < 1.29 is 14.3 Å². The first-order chi connectivity index (χ1) is 9.70. The summed E-state index contributed by atoms with van der Waals surface area (Å²) < 4.78 is 4.74. The average Bonchev–Trinajstić information content (AvgIpc) is 3.01. The van der Waals surface area contributed by atoms with Gasteiger partial charge in [0.1, 0.15) is 6.04 Å². The molecule has 20 heavy (non-hydrogen) atoms. The van der Waals surface area contributed by atoms with Crippen LogP contribution < -0.4 is 5.32 Å². The molecule has 1 aliphatic rings. The van der Waals surface area contributed by atoms with Gasteiger partial charge in [0.15, 0.2) is 0 Å². The normalized spacial score (nSPS) is 13.8. The van der Waals surface area contributed by atoms with Gasteiger partial charge in [0.2, 0.25) is 0 Å². The van der Waals surface area contributed by atoms with Gasteiger partial charge in [0, 0.05) is 6.42 Å². The van der Waals surface area contributed by atoms with E-state index in [-0.39, 0.29) is 5.91 Å². The summed E-state index contributed by atoms with van der Waals surface area (Å²) in [5, 5.41) is 2.67. The van der Waals surface area contributed by atoms with Crippen molar-refractivity contribution >= 4 is 11.9 Å². The number of hydrogen-bond acceptors (Lipinski definition) is 3. The predicted molar refractivity (Wildman–Crippen MR) is 74.8 cm³/mol. The van der Waals surface area contributed by atoms with E-state index in [2.05, 4.69) is 11.0 Å². The molecule has 4 heteroatoms. The van der Waals surface area contributed by atoms with Crippen LogP contribution in [0.1, 0.15) is 5.56 Å². The first-order valence-corrected chi connectivity index (χ1v) is 6.26. The molecule has 0 unspecified atom stereocenters. The fraction of sp³-hybridized carbons (Fsp3) is 0.188. The highest BCUT2D eigenvalue weighted by molar-refractivity contribution is 5.98. The van der Waals surface area contributed by atoms with E-state index < -0.39 is 12.0 Å². The van der Waals surface area contributed by atoms with Crippen molar-refractivity contribution in [2.24, 2.45) is 0 Å². The Morgan fingerprint density at radius 3 is 2.65 bits per heavy atom. The largest absolute Gasteiger partial charge is 0.467 e. The van der Waals surface area contributed by atoms with Gasteiger partial charge >= 0.3 is 5.97 Å². The number of benzene rings is 1. The van der Waals surface area contributed by atoms with Crippen LogP contribution in [0.25, 0.3) is 0 Å². The van der Waals surface area contributed by atoms with Crippen molar-refractivity contribution in [2.75, 3.05) is 7.11 Å². The molecule has 2 rings (SSSR count). The summed E-state index contributed by atoms with van der Waals surface area (Å²) in [6.07, 6.45) is 5.41. The van der Waals surface area contributed by atoms with E-state index in [0.717, 1.165) is 5.56 Å². The summed E-state index contributed by atoms with van der Waals surface area (Å²) in [4.78, 5) is 23.8. The molecule has 0 aromatic heterocycles. The van der Waals surface area contributed by atoms with E-state index in [1.165, 1.54) is 7.11 Å². The van der Waals surface area contributed by atoms with Gasteiger partial charge in [-0.3, -0.25) is 4.79 Å². The summed E-state index contributed by atoms with van der Waals surface area (Å²) in [7, 11) is 1.31. The van der Waals surface area contributed by atoms with Crippen LogP contribution in [0.15, 0.2) is 59.9 Å². The van der Waals surface area contributed by atoms with Gasteiger partial charge in [-0.25, -0.2) is 4.79 Å². The Balaban J connectivity index is 2.08. The third-order valence-corrected chi connectivity index (χ3v) is 2.92. The molecule has 1 aromatic rings. The highest BCUT2D eigenvalue weighted by Crippen LogP contribution is 2.07. The number of carbonyl (C=O) groups is 2. The maximum Gasteiger partial charge on any atom is 0.328 e. The van der Waals surface area contributed by atoms with Crippen molar-refractivity contribution in [3.63, 3.8) is 0 Å². The SMILES string of the molecule is COC(=O)[C@H](Cc1ccccc1)NC(=O)C1=C=CC=C1. The van der Waals surface area contributed by atoms with E-state index >= 15 is 0 Å². The Labute approximate surface area is 117 Å². The third kappa shape index (κ3) is 3.46. The summed E-state index contributed by atoms with van der Waals surface area (Å²) in [6.45, 7) is 0. The second-order valence-corrected chi connectivity index (χ2v) is 4.32. The zero-order valence-electron chi connectivity index (χ0n) is 11.1. The molecule has 1 N–H and O–H groups in total. The standard InChI is InChI=1S/C16H15NO3/c1-20-16(19)14(11-12-7-3-2-4-8-12)17-15(18)13-9-5-6-10-13/h2-9,14H,11H2,1H3,(H,17,18)/t14-/m0/s1. The van der Waals surface area contributed by atoms with Gasteiger partial charge in [-0.1, -0.05) is 36.4 Å². The van der Waals surface area contributed by atoms with Gasteiger partial charge in [-0.2, -0.15) is 0 Å². The zero-order chi connectivity index (χ0) is 14.4. The molecular weight excluding hydrogens is 254 g/mol. The lowest BCUT2D eigenvalue weighted by atomic mass is 10.1. The van der Waals surface area contributed by atoms with Crippen molar-refractivity contribution in [2.45, 2.75) is 12.5 Å². The molecule has 0 radical (unpaired) electrons. The number of hydrogen-bond donors (Lipinski definition) is 1. The minimum atomic E-state index is -0.710. The Kier molecular flexibility index (Phi) is 4.53. The fourth-order valence-corrected chi connectivity index (χ4v) is 1.89. The number of amides is 1. The van der Waals surface area contributed by atoms with E-state index in [9.17, 15) is 9.59 Å². The second kappa shape index (κ2) is 6.55. The van der Waals surface area contributed by atoms with Crippen LogP contribution >= 0.6 is 0 Å². The summed E-state index contributed by atoms with van der Waals surface area (Å²) in [6, 6.07) is 8.76. The highest BCUT2D eigenvalue weighted by atomic mass is 16.5. The summed E-state index contributed by atoms with van der Waals surface area (Å²) in [5.41, 5.74) is 4.16. The van der Waals surface area contributed by atoms with Gasteiger partial charge in [-0.05, 0) is 17.7 Å². The Morgan fingerprint density at radius 2 is 2.05 bits per heavy atom. The lowest BCUT2D eigenvalue weighted by Gasteiger charge is -2.16. The number of nitrogens with one attached hydrogen (secondary N) is 1. The van der Waals surface area contributed by atoms with Crippen LogP contribution in [0.5, 0.6) is 0 Å². The molecule has 0 fully saturated rings. The van der Waals surface area contributed by atoms with Gasteiger partial charge in [-0.15, -0.1) is 5.73 Å². The molecule has 0 heterocycles. The topological polar surface area (TPSA) is 55.4 Å². The fourth-order valence-electron chi connectivity index (χ4n) is 1.89. The van der Waals surface area contributed by atoms with Gasteiger partial charge < -0.3 is 10.1 Å². The quantitative estimate of drug-likeness (QED) is 0.651. The molecule has 1 aliphatic carbocycles. The molecule has 0 spiro atoms. The molecule has 102 valence electrons. The minimum Gasteiger partial charge on any atom is -0.467 e. The zero-order valence-corrected chi connectivity index (χ0v) is 11.1. The number of carbonyl (C=O) groups excluding carboxylic acids is 2. The molecule has 1 amide bonds. The van der Waals surface area contributed by atoms with E-state index in [1.54, 1.807) is 18.2 Å². The lowest BCUT2D eigenvalue weighted by Crippen LogP contribution is -2.43. The maximum atomic E-state index is 12.0. The van der Waals surface area contributed by atoms with Gasteiger partial charge in [0.05, 0.1) is 12.7 Å². The molecule has 4 nitrogen and oxygen atoms in total.